The van der Waals surface area contributed by atoms with Gasteiger partial charge in [-0.2, -0.15) is 0 Å². The molecule has 2 unspecified atom stereocenters. The monoisotopic (exact) mass is 248 g/mol. The average Bonchev–Trinajstić information content (AvgIpc) is 2.33. The molecule has 1 aliphatic rings. The van der Waals surface area contributed by atoms with Gasteiger partial charge in [-0.25, -0.2) is 0 Å². The van der Waals surface area contributed by atoms with E-state index in [0.717, 1.165) is 19.4 Å². The van der Waals surface area contributed by atoms with E-state index >= 15 is 0 Å². The van der Waals surface area contributed by atoms with E-state index in [-0.39, 0.29) is 11.6 Å². The van der Waals surface area contributed by atoms with Crippen molar-refractivity contribution in [1.82, 2.24) is 5.43 Å². The molecular weight excluding hydrogens is 224 g/mol. The average molecular weight is 248 g/mol. The number of aryl methyl sites for hydroxylation is 2. The van der Waals surface area contributed by atoms with Crippen molar-refractivity contribution in [3.63, 3.8) is 0 Å². The summed E-state index contributed by atoms with van der Waals surface area (Å²) in [6.07, 6.45) is 3.41. The summed E-state index contributed by atoms with van der Waals surface area (Å²) in [5.74, 6) is 5.80. The van der Waals surface area contributed by atoms with Crippen LogP contribution in [-0.2, 0) is 4.74 Å². The lowest BCUT2D eigenvalue weighted by atomic mass is 9.82. The van der Waals surface area contributed by atoms with E-state index in [0.29, 0.717) is 0 Å². The molecule has 100 valence electrons. The van der Waals surface area contributed by atoms with Gasteiger partial charge in [-0.05, 0) is 51.2 Å². The highest BCUT2D eigenvalue weighted by Crippen LogP contribution is 2.37. The maximum Gasteiger partial charge on any atom is 0.0861 e. The van der Waals surface area contributed by atoms with Crippen molar-refractivity contribution >= 4 is 0 Å². The van der Waals surface area contributed by atoms with Gasteiger partial charge in [0, 0.05) is 6.61 Å². The zero-order valence-corrected chi connectivity index (χ0v) is 11.6. The van der Waals surface area contributed by atoms with Crippen LogP contribution in [0.25, 0.3) is 0 Å². The maximum atomic E-state index is 6.02. The first-order valence-corrected chi connectivity index (χ1v) is 6.74. The lowest BCUT2D eigenvalue weighted by Gasteiger charge is -2.41. The van der Waals surface area contributed by atoms with Crippen LogP contribution in [-0.4, -0.2) is 12.2 Å². The van der Waals surface area contributed by atoms with Crippen molar-refractivity contribution in [2.24, 2.45) is 5.84 Å². The minimum Gasteiger partial charge on any atom is -0.373 e. The lowest BCUT2D eigenvalue weighted by molar-refractivity contribution is -0.0900. The molecule has 0 aromatic heterocycles. The van der Waals surface area contributed by atoms with Crippen LogP contribution in [0.15, 0.2) is 18.2 Å². The van der Waals surface area contributed by atoms with Crippen molar-refractivity contribution in [2.45, 2.75) is 51.7 Å². The van der Waals surface area contributed by atoms with Gasteiger partial charge >= 0.3 is 0 Å². The predicted octanol–water partition coefficient (Wildman–Crippen LogP) is 2.77. The summed E-state index contributed by atoms with van der Waals surface area (Å²) in [7, 11) is 0. The third-order valence-corrected chi connectivity index (χ3v) is 4.01. The molecule has 0 saturated carbocycles. The Hall–Kier alpha value is -0.900. The molecule has 1 aliphatic heterocycles. The zero-order valence-electron chi connectivity index (χ0n) is 11.6. The molecule has 0 spiro atoms. The van der Waals surface area contributed by atoms with Crippen molar-refractivity contribution in [3.05, 3.63) is 34.9 Å². The number of hydrogen-bond donors (Lipinski definition) is 2. The second kappa shape index (κ2) is 5.39. The van der Waals surface area contributed by atoms with Gasteiger partial charge in [0.15, 0.2) is 0 Å². The second-order valence-electron chi connectivity index (χ2n) is 5.58. The van der Waals surface area contributed by atoms with Crippen LogP contribution < -0.4 is 11.3 Å². The Morgan fingerprint density at radius 1 is 1.33 bits per heavy atom. The standard InChI is InChI=1S/C15H24N2O/c1-11-6-7-13(12(2)10-11)14(17-16)15(3)8-4-5-9-18-15/h6-7,10,14,17H,4-5,8-9,16H2,1-3H3. The van der Waals surface area contributed by atoms with E-state index in [9.17, 15) is 0 Å². The topological polar surface area (TPSA) is 47.3 Å². The Bertz CT molecular complexity index is 411. The van der Waals surface area contributed by atoms with E-state index in [1.807, 2.05) is 0 Å². The Morgan fingerprint density at radius 2 is 2.11 bits per heavy atom. The molecule has 1 fully saturated rings. The molecule has 0 amide bonds. The Balaban J connectivity index is 2.32. The summed E-state index contributed by atoms with van der Waals surface area (Å²) in [5.41, 5.74) is 6.56. The van der Waals surface area contributed by atoms with Crippen LogP contribution in [0, 0.1) is 13.8 Å². The number of hydrogen-bond acceptors (Lipinski definition) is 3. The molecule has 2 atom stereocenters. The van der Waals surface area contributed by atoms with Crippen LogP contribution in [0.5, 0.6) is 0 Å². The summed E-state index contributed by atoms with van der Waals surface area (Å²) in [6, 6.07) is 6.56. The fourth-order valence-corrected chi connectivity index (χ4v) is 2.93. The summed E-state index contributed by atoms with van der Waals surface area (Å²) >= 11 is 0. The van der Waals surface area contributed by atoms with E-state index in [2.05, 4.69) is 44.4 Å². The van der Waals surface area contributed by atoms with E-state index in [1.54, 1.807) is 0 Å². The fourth-order valence-electron chi connectivity index (χ4n) is 2.93. The normalized spacial score (nSPS) is 26.0. The van der Waals surface area contributed by atoms with Gasteiger partial charge in [-0.3, -0.25) is 11.3 Å². The minimum atomic E-state index is -0.201. The second-order valence-corrected chi connectivity index (χ2v) is 5.58. The van der Waals surface area contributed by atoms with Crippen molar-refractivity contribution < 1.29 is 4.74 Å². The molecule has 0 radical (unpaired) electrons. The highest BCUT2D eigenvalue weighted by molar-refractivity contribution is 5.34. The maximum absolute atomic E-state index is 6.02. The Labute approximate surface area is 110 Å². The molecule has 1 heterocycles. The SMILES string of the molecule is Cc1ccc(C(NN)C2(C)CCCCO2)c(C)c1. The lowest BCUT2D eigenvalue weighted by Crippen LogP contribution is -2.48. The fraction of sp³-hybridized carbons (Fsp3) is 0.600. The molecule has 3 heteroatoms. The third kappa shape index (κ3) is 2.58. The number of rotatable bonds is 3. The molecule has 1 saturated heterocycles. The number of hydrazine groups is 1. The van der Waals surface area contributed by atoms with Crippen molar-refractivity contribution in [3.8, 4) is 0 Å². The molecule has 3 nitrogen and oxygen atoms in total. The number of ether oxygens (including phenoxy) is 1. The van der Waals surface area contributed by atoms with E-state index in [1.165, 1.54) is 23.1 Å². The number of benzene rings is 1. The van der Waals surface area contributed by atoms with Crippen LogP contribution in [0.1, 0.15) is 48.9 Å². The van der Waals surface area contributed by atoms with Gasteiger partial charge in [-0.15, -0.1) is 0 Å². The molecule has 0 aliphatic carbocycles. The largest absolute Gasteiger partial charge is 0.373 e. The minimum absolute atomic E-state index is 0.0541. The van der Waals surface area contributed by atoms with Gasteiger partial charge in [-0.1, -0.05) is 23.8 Å². The van der Waals surface area contributed by atoms with Crippen LogP contribution >= 0.6 is 0 Å². The van der Waals surface area contributed by atoms with E-state index < -0.39 is 0 Å². The van der Waals surface area contributed by atoms with Crippen molar-refractivity contribution in [2.75, 3.05) is 6.61 Å². The highest BCUT2D eigenvalue weighted by atomic mass is 16.5. The molecule has 0 bridgehead atoms. The van der Waals surface area contributed by atoms with Crippen LogP contribution in [0.2, 0.25) is 0 Å². The molecular formula is C15H24N2O. The van der Waals surface area contributed by atoms with Gasteiger partial charge in [0.2, 0.25) is 0 Å². The zero-order chi connectivity index (χ0) is 13.2. The molecule has 18 heavy (non-hydrogen) atoms. The van der Waals surface area contributed by atoms with Gasteiger partial charge in [0.1, 0.15) is 0 Å². The van der Waals surface area contributed by atoms with Crippen LogP contribution in [0.3, 0.4) is 0 Å². The summed E-state index contributed by atoms with van der Waals surface area (Å²) < 4.78 is 6.02. The number of nitrogens with two attached hydrogens (primary N) is 1. The smallest absolute Gasteiger partial charge is 0.0861 e. The molecule has 3 N–H and O–H groups in total. The summed E-state index contributed by atoms with van der Waals surface area (Å²) in [6.45, 7) is 7.24. The number of nitrogens with one attached hydrogen (secondary N) is 1. The van der Waals surface area contributed by atoms with Gasteiger partial charge in [0.25, 0.3) is 0 Å². The quantitative estimate of drug-likeness (QED) is 0.638. The third-order valence-electron chi connectivity index (χ3n) is 4.01. The summed E-state index contributed by atoms with van der Waals surface area (Å²) in [5, 5.41) is 0. The first-order chi connectivity index (χ1) is 8.57. The molecule has 1 aromatic carbocycles. The molecule has 2 rings (SSSR count). The first kappa shape index (κ1) is 13.5. The van der Waals surface area contributed by atoms with Gasteiger partial charge in [0.05, 0.1) is 11.6 Å². The molecule has 1 aromatic rings. The van der Waals surface area contributed by atoms with E-state index in [4.69, 9.17) is 10.6 Å². The Kier molecular flexibility index (Phi) is 4.05. The predicted molar refractivity (Wildman–Crippen MR) is 74.2 cm³/mol. The Morgan fingerprint density at radius 3 is 2.67 bits per heavy atom. The van der Waals surface area contributed by atoms with Crippen molar-refractivity contribution in [1.29, 1.82) is 0 Å². The van der Waals surface area contributed by atoms with Gasteiger partial charge < -0.3 is 4.74 Å². The summed E-state index contributed by atoms with van der Waals surface area (Å²) in [4.78, 5) is 0. The highest BCUT2D eigenvalue weighted by Gasteiger charge is 2.37. The first-order valence-electron chi connectivity index (χ1n) is 6.74. The van der Waals surface area contributed by atoms with Crippen LogP contribution in [0.4, 0.5) is 0 Å².